The van der Waals surface area contributed by atoms with Gasteiger partial charge in [-0.3, -0.25) is 4.72 Å². The molecule has 5 nitrogen and oxygen atoms in total. The predicted molar refractivity (Wildman–Crippen MR) is 84.9 cm³/mol. The molecule has 0 aliphatic heterocycles. The van der Waals surface area contributed by atoms with Crippen LogP contribution in [0, 0.1) is 0 Å². The Morgan fingerprint density at radius 1 is 1.14 bits per heavy atom. The smallest absolute Gasteiger partial charge is 0.263 e. The van der Waals surface area contributed by atoms with E-state index < -0.39 is 10.0 Å². The summed E-state index contributed by atoms with van der Waals surface area (Å²) in [7, 11) is -3.59. The summed E-state index contributed by atoms with van der Waals surface area (Å²) >= 11 is 0. The molecule has 0 bridgehead atoms. The van der Waals surface area contributed by atoms with Gasteiger partial charge in [0.1, 0.15) is 5.82 Å². The number of hydrogen-bond donors (Lipinski definition) is 2. The molecule has 1 heterocycles. The zero-order chi connectivity index (χ0) is 15.3. The van der Waals surface area contributed by atoms with Gasteiger partial charge in [-0.2, -0.15) is 0 Å². The maximum atomic E-state index is 12.1. The number of anilines is 2. The van der Waals surface area contributed by atoms with Crippen LogP contribution in [0.2, 0.25) is 0 Å². The highest BCUT2D eigenvalue weighted by atomic mass is 32.2. The van der Waals surface area contributed by atoms with Crippen LogP contribution in [0.15, 0.2) is 53.6 Å². The normalized spacial score (nSPS) is 12.7. The van der Waals surface area contributed by atoms with E-state index in [1.54, 1.807) is 42.6 Å². The summed E-state index contributed by atoms with van der Waals surface area (Å²) in [4.78, 5) is 4.34. The van der Waals surface area contributed by atoms with Crippen LogP contribution in [0.1, 0.15) is 20.3 Å². The first-order valence-electron chi connectivity index (χ1n) is 6.81. The van der Waals surface area contributed by atoms with Crippen LogP contribution >= 0.6 is 0 Å². The van der Waals surface area contributed by atoms with Crippen LogP contribution in [-0.2, 0) is 10.0 Å². The van der Waals surface area contributed by atoms with Crippen LogP contribution < -0.4 is 10.0 Å². The van der Waals surface area contributed by atoms with Gasteiger partial charge in [-0.15, -0.1) is 0 Å². The van der Waals surface area contributed by atoms with E-state index in [-0.39, 0.29) is 4.90 Å². The molecule has 0 aliphatic rings. The van der Waals surface area contributed by atoms with E-state index >= 15 is 0 Å². The molecule has 6 heteroatoms. The Labute approximate surface area is 125 Å². The minimum Gasteiger partial charge on any atom is -0.381 e. The fraction of sp³-hybridized carbons (Fsp3) is 0.267. The standard InChI is InChI=1S/C15H19N3O2S/c1-3-12(2)17-13-9-10-15(16-11-13)18-21(19,20)14-7-5-4-6-8-14/h4-12,17H,3H2,1-2H3,(H,16,18). The lowest BCUT2D eigenvalue weighted by Crippen LogP contribution is -2.15. The number of hydrogen-bond acceptors (Lipinski definition) is 4. The molecule has 0 amide bonds. The minimum absolute atomic E-state index is 0.216. The quantitative estimate of drug-likeness (QED) is 0.860. The Kier molecular flexibility index (Phi) is 4.80. The zero-order valence-corrected chi connectivity index (χ0v) is 12.9. The number of rotatable bonds is 6. The third-order valence-corrected chi connectivity index (χ3v) is 4.45. The number of benzene rings is 1. The first-order valence-corrected chi connectivity index (χ1v) is 8.30. The second-order valence-electron chi connectivity index (χ2n) is 4.80. The highest BCUT2D eigenvalue weighted by Crippen LogP contribution is 2.16. The highest BCUT2D eigenvalue weighted by molar-refractivity contribution is 7.92. The molecule has 1 atom stereocenters. The van der Waals surface area contributed by atoms with E-state index in [1.807, 2.05) is 6.07 Å². The molecule has 1 unspecified atom stereocenters. The van der Waals surface area contributed by atoms with Crippen molar-refractivity contribution >= 4 is 21.5 Å². The number of sulfonamides is 1. The molecule has 2 N–H and O–H groups in total. The summed E-state index contributed by atoms with van der Waals surface area (Å²) < 4.78 is 26.8. The first kappa shape index (κ1) is 15.3. The third-order valence-electron chi connectivity index (χ3n) is 3.08. The van der Waals surface area contributed by atoms with Crippen molar-refractivity contribution in [3.8, 4) is 0 Å². The van der Waals surface area contributed by atoms with Gasteiger partial charge in [-0.05, 0) is 37.6 Å². The molecule has 0 spiro atoms. The van der Waals surface area contributed by atoms with E-state index in [0.29, 0.717) is 11.9 Å². The predicted octanol–water partition coefficient (Wildman–Crippen LogP) is 3.09. The van der Waals surface area contributed by atoms with Gasteiger partial charge in [0.15, 0.2) is 0 Å². The Morgan fingerprint density at radius 2 is 1.86 bits per heavy atom. The summed E-state index contributed by atoms with van der Waals surface area (Å²) in [5.74, 6) is 0.300. The summed E-state index contributed by atoms with van der Waals surface area (Å²) in [6.07, 6.45) is 2.62. The summed E-state index contributed by atoms with van der Waals surface area (Å²) in [6.45, 7) is 4.17. The van der Waals surface area contributed by atoms with Gasteiger partial charge in [0.2, 0.25) is 0 Å². The van der Waals surface area contributed by atoms with Crippen molar-refractivity contribution in [1.29, 1.82) is 0 Å². The molecular formula is C15H19N3O2S. The topological polar surface area (TPSA) is 71.1 Å². The Hall–Kier alpha value is -2.08. The number of pyridine rings is 1. The van der Waals surface area contributed by atoms with Crippen molar-refractivity contribution in [2.24, 2.45) is 0 Å². The molecule has 112 valence electrons. The summed E-state index contributed by atoms with van der Waals surface area (Å²) in [6, 6.07) is 12.0. The van der Waals surface area contributed by atoms with Crippen molar-refractivity contribution in [3.63, 3.8) is 0 Å². The van der Waals surface area contributed by atoms with Crippen LogP contribution in [0.3, 0.4) is 0 Å². The minimum atomic E-state index is -3.59. The van der Waals surface area contributed by atoms with Gasteiger partial charge in [0.05, 0.1) is 16.8 Å². The third kappa shape index (κ3) is 4.19. The maximum Gasteiger partial charge on any atom is 0.263 e. The molecular weight excluding hydrogens is 286 g/mol. The molecule has 1 aromatic carbocycles. The van der Waals surface area contributed by atoms with Crippen LogP contribution in [0.25, 0.3) is 0 Å². The second kappa shape index (κ2) is 6.58. The van der Waals surface area contributed by atoms with Crippen molar-refractivity contribution < 1.29 is 8.42 Å². The molecule has 2 aromatic rings. The summed E-state index contributed by atoms with van der Waals surface area (Å²) in [5, 5.41) is 3.27. The molecule has 0 saturated carbocycles. The average molecular weight is 305 g/mol. The fourth-order valence-electron chi connectivity index (χ4n) is 1.72. The largest absolute Gasteiger partial charge is 0.381 e. The van der Waals surface area contributed by atoms with Crippen LogP contribution in [-0.4, -0.2) is 19.4 Å². The van der Waals surface area contributed by atoms with E-state index in [1.165, 1.54) is 0 Å². The molecule has 0 aliphatic carbocycles. The van der Waals surface area contributed by atoms with E-state index in [0.717, 1.165) is 12.1 Å². The second-order valence-corrected chi connectivity index (χ2v) is 6.49. The summed E-state index contributed by atoms with van der Waals surface area (Å²) in [5.41, 5.74) is 0.868. The number of nitrogens with one attached hydrogen (secondary N) is 2. The molecule has 21 heavy (non-hydrogen) atoms. The van der Waals surface area contributed by atoms with Gasteiger partial charge in [0, 0.05) is 6.04 Å². The van der Waals surface area contributed by atoms with Gasteiger partial charge in [-0.1, -0.05) is 25.1 Å². The van der Waals surface area contributed by atoms with Gasteiger partial charge < -0.3 is 5.32 Å². The zero-order valence-electron chi connectivity index (χ0n) is 12.1. The van der Waals surface area contributed by atoms with Crippen LogP contribution in [0.5, 0.6) is 0 Å². The molecule has 0 radical (unpaired) electrons. The van der Waals surface area contributed by atoms with Crippen molar-refractivity contribution in [2.45, 2.75) is 31.2 Å². The van der Waals surface area contributed by atoms with E-state index in [4.69, 9.17) is 0 Å². The molecule has 0 fully saturated rings. The Balaban J connectivity index is 2.10. The number of nitrogens with zero attached hydrogens (tertiary/aromatic N) is 1. The SMILES string of the molecule is CCC(C)Nc1ccc(NS(=O)(=O)c2ccccc2)nc1. The molecule has 2 rings (SSSR count). The lowest BCUT2D eigenvalue weighted by Gasteiger charge is -2.13. The lowest BCUT2D eigenvalue weighted by molar-refractivity contribution is 0.601. The fourth-order valence-corrected chi connectivity index (χ4v) is 2.75. The monoisotopic (exact) mass is 305 g/mol. The highest BCUT2D eigenvalue weighted by Gasteiger charge is 2.13. The lowest BCUT2D eigenvalue weighted by atomic mass is 10.2. The van der Waals surface area contributed by atoms with Gasteiger partial charge in [-0.25, -0.2) is 13.4 Å². The first-order chi connectivity index (χ1) is 10.0. The van der Waals surface area contributed by atoms with Crippen molar-refractivity contribution in [1.82, 2.24) is 4.98 Å². The van der Waals surface area contributed by atoms with Gasteiger partial charge in [0.25, 0.3) is 10.0 Å². The molecule has 1 aromatic heterocycles. The van der Waals surface area contributed by atoms with Crippen molar-refractivity contribution in [3.05, 3.63) is 48.7 Å². The Morgan fingerprint density at radius 3 is 2.43 bits per heavy atom. The van der Waals surface area contributed by atoms with E-state index in [2.05, 4.69) is 28.9 Å². The molecule has 0 saturated heterocycles. The van der Waals surface area contributed by atoms with E-state index in [9.17, 15) is 8.42 Å². The Bertz CT molecular complexity index is 670. The number of aromatic nitrogens is 1. The average Bonchev–Trinajstić information content (AvgIpc) is 2.50. The van der Waals surface area contributed by atoms with Crippen molar-refractivity contribution in [2.75, 3.05) is 10.0 Å². The maximum absolute atomic E-state index is 12.1. The van der Waals surface area contributed by atoms with Gasteiger partial charge >= 0.3 is 0 Å². The van der Waals surface area contributed by atoms with Crippen LogP contribution in [0.4, 0.5) is 11.5 Å².